The van der Waals surface area contributed by atoms with Crippen molar-refractivity contribution in [1.29, 1.82) is 0 Å². The Balaban J connectivity index is 1.25. The number of fused-ring (bicyclic) bond motifs is 1. The molecule has 0 aliphatic carbocycles. The number of piperidine rings is 1. The predicted octanol–water partition coefficient (Wildman–Crippen LogP) is 4.73. The third kappa shape index (κ3) is 5.27. The van der Waals surface area contributed by atoms with Crippen molar-refractivity contribution in [1.82, 2.24) is 30.8 Å². The topological polar surface area (TPSA) is 117 Å². The lowest BCUT2D eigenvalue weighted by molar-refractivity contribution is 0.0617. The maximum atomic E-state index is 14.1. The van der Waals surface area contributed by atoms with Gasteiger partial charge < -0.3 is 20.7 Å². The SMILES string of the molecule is CC1(C)C[C@@H](NC(=O)c2cccc(NC3(c4nc(-c5ccncc5)n[nH]4)CCNCC3)c2)c2cc(F)ccc2O1. The highest BCUT2D eigenvalue weighted by molar-refractivity contribution is 5.95. The van der Waals surface area contributed by atoms with E-state index in [1.54, 1.807) is 24.5 Å². The fraction of sp³-hybridized carbons (Fsp3) is 0.333. The van der Waals surface area contributed by atoms with Crippen molar-refractivity contribution < 1.29 is 13.9 Å². The monoisotopic (exact) mass is 541 g/mol. The smallest absolute Gasteiger partial charge is 0.251 e. The largest absolute Gasteiger partial charge is 0.487 e. The molecule has 2 aliphatic heterocycles. The molecule has 2 aromatic heterocycles. The normalized spacial score (nSPS) is 19.2. The summed E-state index contributed by atoms with van der Waals surface area (Å²) in [6, 6.07) is 15.2. The number of anilines is 1. The first kappa shape index (κ1) is 25.9. The van der Waals surface area contributed by atoms with Gasteiger partial charge in [0, 0.05) is 41.2 Å². The molecule has 4 N–H and O–H groups in total. The molecule has 10 heteroatoms. The minimum atomic E-state index is -0.500. The fourth-order valence-corrected chi connectivity index (χ4v) is 5.59. The molecule has 206 valence electrons. The number of carbonyl (C=O) groups is 1. The molecule has 2 aromatic carbocycles. The Morgan fingerprint density at radius 1 is 1.07 bits per heavy atom. The Morgan fingerprint density at radius 2 is 1.88 bits per heavy atom. The number of hydrogen-bond acceptors (Lipinski definition) is 7. The highest BCUT2D eigenvalue weighted by Crippen LogP contribution is 2.40. The number of halogens is 1. The van der Waals surface area contributed by atoms with E-state index in [4.69, 9.17) is 9.72 Å². The summed E-state index contributed by atoms with van der Waals surface area (Å²) in [5, 5.41) is 17.8. The van der Waals surface area contributed by atoms with E-state index in [1.807, 2.05) is 44.2 Å². The number of nitrogens with zero attached hydrogens (tertiary/aromatic N) is 3. The first-order valence-electron chi connectivity index (χ1n) is 13.5. The van der Waals surface area contributed by atoms with Crippen LogP contribution in [0.5, 0.6) is 5.75 Å². The summed E-state index contributed by atoms with van der Waals surface area (Å²) >= 11 is 0. The van der Waals surface area contributed by atoms with Gasteiger partial charge in [-0.3, -0.25) is 14.9 Å². The van der Waals surface area contributed by atoms with Gasteiger partial charge in [-0.1, -0.05) is 6.07 Å². The zero-order valence-corrected chi connectivity index (χ0v) is 22.5. The zero-order chi connectivity index (χ0) is 27.7. The second kappa shape index (κ2) is 10.3. The third-order valence-electron chi connectivity index (χ3n) is 7.58. The van der Waals surface area contributed by atoms with Crippen LogP contribution >= 0.6 is 0 Å². The Labute approximate surface area is 232 Å². The number of rotatable bonds is 6. The Kier molecular flexibility index (Phi) is 6.71. The van der Waals surface area contributed by atoms with Crippen molar-refractivity contribution >= 4 is 11.6 Å². The molecule has 2 aliphatic rings. The number of H-pyrrole nitrogens is 1. The fourth-order valence-electron chi connectivity index (χ4n) is 5.59. The molecule has 6 rings (SSSR count). The van der Waals surface area contributed by atoms with Gasteiger partial charge in [0.2, 0.25) is 0 Å². The summed E-state index contributed by atoms with van der Waals surface area (Å²) in [7, 11) is 0. The van der Waals surface area contributed by atoms with Crippen molar-refractivity contribution in [2.24, 2.45) is 0 Å². The van der Waals surface area contributed by atoms with Crippen LogP contribution in [0.3, 0.4) is 0 Å². The quantitative estimate of drug-likeness (QED) is 0.279. The van der Waals surface area contributed by atoms with Crippen molar-refractivity contribution in [2.75, 3.05) is 18.4 Å². The Morgan fingerprint density at radius 3 is 2.67 bits per heavy atom. The van der Waals surface area contributed by atoms with Crippen molar-refractivity contribution in [3.63, 3.8) is 0 Å². The average Bonchev–Trinajstić information content (AvgIpc) is 3.46. The number of aromatic nitrogens is 4. The maximum absolute atomic E-state index is 14.1. The molecule has 9 nitrogen and oxygen atoms in total. The van der Waals surface area contributed by atoms with Gasteiger partial charge in [0.05, 0.1) is 11.6 Å². The van der Waals surface area contributed by atoms with Crippen LogP contribution in [0.4, 0.5) is 10.1 Å². The van der Waals surface area contributed by atoms with Crippen LogP contribution < -0.4 is 20.7 Å². The van der Waals surface area contributed by atoms with Gasteiger partial charge in [0.25, 0.3) is 5.91 Å². The number of pyridine rings is 1. The molecule has 1 fully saturated rings. The standard InChI is InChI=1S/C30H32FN7O2/c1-29(2)18-24(23-17-21(31)6-7-25(23)40-29)34-27(39)20-4-3-5-22(16-20)36-30(10-14-33-15-11-30)28-35-26(37-38-28)19-8-12-32-13-9-19/h3-9,12-13,16-17,24,33,36H,10-11,14-15,18H2,1-2H3,(H,34,39)(H,35,37,38)/t24-/m1/s1. The molecule has 1 atom stereocenters. The summed E-state index contributed by atoms with van der Waals surface area (Å²) in [4.78, 5) is 22.4. The molecule has 0 spiro atoms. The summed E-state index contributed by atoms with van der Waals surface area (Å²) < 4.78 is 20.1. The molecule has 4 heterocycles. The van der Waals surface area contributed by atoms with Crippen LogP contribution in [0.25, 0.3) is 11.4 Å². The van der Waals surface area contributed by atoms with Crippen LogP contribution in [0.1, 0.15) is 60.9 Å². The van der Waals surface area contributed by atoms with Gasteiger partial charge in [-0.05, 0) is 88.3 Å². The molecule has 0 unspecified atom stereocenters. The van der Waals surface area contributed by atoms with Gasteiger partial charge in [-0.2, -0.15) is 5.10 Å². The lowest BCUT2D eigenvalue weighted by atomic mass is 9.87. The van der Waals surface area contributed by atoms with Gasteiger partial charge in [0.15, 0.2) is 11.6 Å². The molecule has 0 saturated carbocycles. The molecular weight excluding hydrogens is 509 g/mol. The van der Waals surface area contributed by atoms with E-state index in [9.17, 15) is 9.18 Å². The molecule has 0 bridgehead atoms. The summed E-state index contributed by atoms with van der Waals surface area (Å²) in [6.45, 7) is 5.55. The van der Waals surface area contributed by atoms with E-state index in [0.29, 0.717) is 29.1 Å². The zero-order valence-electron chi connectivity index (χ0n) is 22.5. The second-order valence-electron chi connectivity index (χ2n) is 11.1. The molecule has 1 saturated heterocycles. The molecule has 1 amide bonds. The van der Waals surface area contributed by atoms with Crippen LogP contribution in [-0.4, -0.2) is 44.8 Å². The summed E-state index contributed by atoms with van der Waals surface area (Å²) in [6.07, 6.45) is 5.53. The number of aromatic amines is 1. The number of nitrogens with one attached hydrogen (secondary N) is 4. The van der Waals surface area contributed by atoms with E-state index in [2.05, 4.69) is 31.1 Å². The number of carbonyl (C=O) groups excluding carboxylic acids is 1. The first-order valence-corrected chi connectivity index (χ1v) is 13.5. The third-order valence-corrected chi connectivity index (χ3v) is 7.58. The molecule has 4 aromatic rings. The van der Waals surface area contributed by atoms with E-state index >= 15 is 0 Å². The first-order chi connectivity index (χ1) is 19.3. The number of benzene rings is 2. The number of amides is 1. The minimum Gasteiger partial charge on any atom is -0.487 e. The minimum absolute atomic E-state index is 0.236. The highest BCUT2D eigenvalue weighted by Gasteiger charge is 2.38. The van der Waals surface area contributed by atoms with E-state index in [-0.39, 0.29) is 17.8 Å². The van der Waals surface area contributed by atoms with Crippen molar-refractivity contribution in [2.45, 2.75) is 50.3 Å². The highest BCUT2D eigenvalue weighted by atomic mass is 19.1. The van der Waals surface area contributed by atoms with Crippen molar-refractivity contribution in [3.8, 4) is 17.1 Å². The van der Waals surface area contributed by atoms with Crippen LogP contribution in [0.15, 0.2) is 67.0 Å². The molecular formula is C30H32FN7O2. The van der Waals surface area contributed by atoms with E-state index < -0.39 is 11.1 Å². The predicted molar refractivity (Wildman–Crippen MR) is 149 cm³/mol. The van der Waals surface area contributed by atoms with Crippen LogP contribution in [0.2, 0.25) is 0 Å². The number of hydrogen-bond donors (Lipinski definition) is 4. The average molecular weight is 542 g/mol. The maximum Gasteiger partial charge on any atom is 0.251 e. The van der Waals surface area contributed by atoms with E-state index in [0.717, 1.165) is 43.0 Å². The Bertz CT molecular complexity index is 1520. The number of ether oxygens (including phenoxy) is 1. The van der Waals surface area contributed by atoms with Crippen LogP contribution in [0, 0.1) is 5.82 Å². The van der Waals surface area contributed by atoms with Gasteiger partial charge >= 0.3 is 0 Å². The van der Waals surface area contributed by atoms with Crippen LogP contribution in [-0.2, 0) is 5.54 Å². The molecule has 40 heavy (non-hydrogen) atoms. The Hall–Kier alpha value is -4.31. The van der Waals surface area contributed by atoms with E-state index in [1.165, 1.54) is 12.1 Å². The van der Waals surface area contributed by atoms with Crippen molar-refractivity contribution in [3.05, 3.63) is 89.8 Å². The lowest BCUT2D eigenvalue weighted by Crippen LogP contribution is -2.46. The van der Waals surface area contributed by atoms with Gasteiger partial charge in [-0.25, -0.2) is 9.37 Å². The van der Waals surface area contributed by atoms with Gasteiger partial charge in [-0.15, -0.1) is 0 Å². The second-order valence-corrected chi connectivity index (χ2v) is 11.1. The summed E-state index contributed by atoms with van der Waals surface area (Å²) in [5.41, 5.74) is 1.85. The van der Waals surface area contributed by atoms with Gasteiger partial charge in [0.1, 0.15) is 17.2 Å². The summed E-state index contributed by atoms with van der Waals surface area (Å²) in [5.74, 6) is 1.35. The molecule has 0 radical (unpaired) electrons. The lowest BCUT2D eigenvalue weighted by Gasteiger charge is -2.38.